The minimum absolute atomic E-state index is 0.0352. The number of benzene rings is 1. The molecule has 0 spiro atoms. The summed E-state index contributed by atoms with van der Waals surface area (Å²) in [7, 11) is -1.94. The van der Waals surface area contributed by atoms with Crippen LogP contribution in [0, 0.1) is 19.7 Å². The molecule has 0 aliphatic carbocycles. The average Bonchev–Trinajstić information content (AvgIpc) is 2.78. The minimum Gasteiger partial charge on any atom is -0.480 e. The predicted octanol–water partition coefficient (Wildman–Crippen LogP) is 2.00. The lowest BCUT2D eigenvalue weighted by Crippen LogP contribution is -2.37. The lowest BCUT2D eigenvalue weighted by molar-refractivity contribution is -0.138. The summed E-state index contributed by atoms with van der Waals surface area (Å²) in [5.41, 5.74) is 0.625. The number of hydrogen-bond donors (Lipinski definition) is 1. The second-order valence-electron chi connectivity index (χ2n) is 6.67. The number of aryl methyl sites for hydroxylation is 2. The molecule has 1 aromatic rings. The van der Waals surface area contributed by atoms with Crippen molar-refractivity contribution in [2.45, 2.75) is 44.0 Å². The fourth-order valence-electron chi connectivity index (χ4n) is 3.28. The number of nitrogens with zero attached hydrogens (tertiary/aromatic N) is 2. The first-order valence-electron chi connectivity index (χ1n) is 8.32. The van der Waals surface area contributed by atoms with E-state index in [0.29, 0.717) is 37.1 Å². The number of carboxylic acid groups (broad SMARTS) is 1. The van der Waals surface area contributed by atoms with Crippen LogP contribution in [0.2, 0.25) is 0 Å². The van der Waals surface area contributed by atoms with Gasteiger partial charge in [0.05, 0.1) is 11.4 Å². The molecule has 6 nitrogen and oxygen atoms in total. The SMILES string of the molecule is Cc1cc(S(=O)(=O)N2CCCC(N(C)CC(=O)O)CC2)cc(C)c1F. The van der Waals surface area contributed by atoms with E-state index >= 15 is 0 Å². The molecule has 1 N–H and O–H groups in total. The minimum atomic E-state index is -3.69. The fraction of sp³-hybridized carbons (Fsp3) is 0.588. The molecule has 1 heterocycles. The highest BCUT2D eigenvalue weighted by Gasteiger charge is 2.29. The highest BCUT2D eigenvalue weighted by atomic mass is 32.2. The molecule has 1 unspecified atom stereocenters. The molecular weight excluding hydrogens is 347 g/mol. The second kappa shape index (κ2) is 7.80. The standard InChI is InChI=1S/C17H25FN2O4S/c1-12-9-15(10-13(2)17(12)18)25(23,24)20-7-4-5-14(6-8-20)19(3)11-16(21)22/h9-10,14H,4-8,11H2,1-3H3,(H,21,22). The van der Waals surface area contributed by atoms with Gasteiger partial charge in [0, 0.05) is 19.1 Å². The van der Waals surface area contributed by atoms with Crippen molar-refractivity contribution in [2.75, 3.05) is 26.7 Å². The first-order valence-corrected chi connectivity index (χ1v) is 9.76. The van der Waals surface area contributed by atoms with E-state index in [2.05, 4.69) is 0 Å². The normalized spacial score (nSPS) is 19.8. The van der Waals surface area contributed by atoms with Gasteiger partial charge in [-0.25, -0.2) is 12.8 Å². The first-order chi connectivity index (χ1) is 11.6. The van der Waals surface area contributed by atoms with Crippen molar-refractivity contribution in [1.82, 2.24) is 9.21 Å². The largest absolute Gasteiger partial charge is 0.480 e. The maximum Gasteiger partial charge on any atom is 0.317 e. The van der Waals surface area contributed by atoms with Crippen molar-refractivity contribution in [3.05, 3.63) is 29.1 Å². The van der Waals surface area contributed by atoms with E-state index < -0.39 is 16.0 Å². The Morgan fingerprint density at radius 1 is 1.28 bits per heavy atom. The van der Waals surface area contributed by atoms with Crippen LogP contribution >= 0.6 is 0 Å². The molecule has 8 heteroatoms. The molecule has 0 saturated carbocycles. The van der Waals surface area contributed by atoms with Crippen molar-refractivity contribution in [1.29, 1.82) is 0 Å². The zero-order valence-corrected chi connectivity index (χ0v) is 15.6. The monoisotopic (exact) mass is 372 g/mol. The molecule has 0 amide bonds. The summed E-state index contributed by atoms with van der Waals surface area (Å²) in [5, 5.41) is 8.91. The first kappa shape index (κ1) is 19.8. The Kier molecular flexibility index (Phi) is 6.18. The van der Waals surface area contributed by atoms with E-state index in [9.17, 15) is 17.6 Å². The molecule has 1 saturated heterocycles. The molecule has 0 radical (unpaired) electrons. The molecule has 0 aromatic heterocycles. The molecule has 1 fully saturated rings. The topological polar surface area (TPSA) is 77.9 Å². The van der Waals surface area contributed by atoms with E-state index in [1.807, 2.05) is 0 Å². The van der Waals surface area contributed by atoms with Crippen molar-refractivity contribution in [2.24, 2.45) is 0 Å². The van der Waals surface area contributed by atoms with Gasteiger partial charge in [-0.3, -0.25) is 9.69 Å². The summed E-state index contributed by atoms with van der Waals surface area (Å²) in [5.74, 6) is -1.28. The number of halogens is 1. The molecular formula is C17H25FN2O4S. The van der Waals surface area contributed by atoms with E-state index in [1.54, 1.807) is 25.8 Å². The highest BCUT2D eigenvalue weighted by molar-refractivity contribution is 7.89. The van der Waals surface area contributed by atoms with Crippen LogP contribution in [-0.4, -0.2) is 61.4 Å². The number of aliphatic carboxylic acids is 1. The van der Waals surface area contributed by atoms with E-state index in [1.165, 1.54) is 16.4 Å². The lowest BCUT2D eigenvalue weighted by atomic mass is 10.1. The number of likely N-dealkylation sites (N-methyl/N-ethyl adjacent to an activating group) is 1. The molecule has 1 aromatic carbocycles. The number of carboxylic acids is 1. The van der Waals surface area contributed by atoms with Gasteiger partial charge in [-0.15, -0.1) is 0 Å². The van der Waals surface area contributed by atoms with Crippen LogP contribution in [0.3, 0.4) is 0 Å². The quantitative estimate of drug-likeness (QED) is 0.855. The van der Waals surface area contributed by atoms with E-state index in [4.69, 9.17) is 5.11 Å². The Balaban J connectivity index is 2.17. The maximum absolute atomic E-state index is 13.8. The van der Waals surface area contributed by atoms with Gasteiger partial charge in [-0.05, 0) is 63.4 Å². The van der Waals surface area contributed by atoms with Gasteiger partial charge in [0.1, 0.15) is 5.82 Å². The van der Waals surface area contributed by atoms with E-state index in [-0.39, 0.29) is 23.3 Å². The van der Waals surface area contributed by atoms with Crippen LogP contribution < -0.4 is 0 Å². The van der Waals surface area contributed by atoms with Gasteiger partial charge in [-0.1, -0.05) is 0 Å². The van der Waals surface area contributed by atoms with Crippen LogP contribution in [0.25, 0.3) is 0 Å². The summed E-state index contributed by atoms with van der Waals surface area (Å²) in [6.07, 6.45) is 1.98. The summed E-state index contributed by atoms with van der Waals surface area (Å²) in [6.45, 7) is 3.76. The molecule has 25 heavy (non-hydrogen) atoms. The van der Waals surface area contributed by atoms with Crippen molar-refractivity contribution < 1.29 is 22.7 Å². The number of sulfonamides is 1. The fourth-order valence-corrected chi connectivity index (χ4v) is 4.94. The summed E-state index contributed by atoms with van der Waals surface area (Å²) >= 11 is 0. The van der Waals surface area contributed by atoms with Crippen LogP contribution in [0.5, 0.6) is 0 Å². The van der Waals surface area contributed by atoms with E-state index in [0.717, 1.165) is 6.42 Å². The predicted molar refractivity (Wildman–Crippen MR) is 92.5 cm³/mol. The van der Waals surface area contributed by atoms with Crippen molar-refractivity contribution >= 4 is 16.0 Å². The lowest BCUT2D eigenvalue weighted by Gasteiger charge is -2.25. The number of rotatable bonds is 5. The molecule has 1 aliphatic rings. The van der Waals surface area contributed by atoms with Gasteiger partial charge in [0.2, 0.25) is 10.0 Å². The zero-order valence-electron chi connectivity index (χ0n) is 14.8. The second-order valence-corrected chi connectivity index (χ2v) is 8.61. The zero-order chi connectivity index (χ0) is 18.8. The van der Waals surface area contributed by atoms with Crippen molar-refractivity contribution in [3.8, 4) is 0 Å². The van der Waals surface area contributed by atoms with Gasteiger partial charge in [0.15, 0.2) is 0 Å². The highest BCUT2D eigenvalue weighted by Crippen LogP contribution is 2.25. The Morgan fingerprint density at radius 2 is 1.88 bits per heavy atom. The number of hydrogen-bond acceptors (Lipinski definition) is 4. The summed E-state index contributed by atoms with van der Waals surface area (Å²) in [6, 6.07) is 2.78. The third-order valence-electron chi connectivity index (χ3n) is 4.71. The Bertz CT molecular complexity index is 728. The summed E-state index contributed by atoms with van der Waals surface area (Å²) in [4.78, 5) is 12.7. The van der Waals surface area contributed by atoms with Gasteiger partial charge < -0.3 is 5.11 Å². The Hall–Kier alpha value is -1.51. The summed E-state index contributed by atoms with van der Waals surface area (Å²) < 4.78 is 41.0. The molecule has 0 bridgehead atoms. The molecule has 1 aliphatic heterocycles. The Labute approximate surface area is 148 Å². The van der Waals surface area contributed by atoms with Gasteiger partial charge in [-0.2, -0.15) is 4.31 Å². The average molecular weight is 372 g/mol. The third-order valence-corrected chi connectivity index (χ3v) is 6.59. The van der Waals surface area contributed by atoms with Crippen LogP contribution in [0.15, 0.2) is 17.0 Å². The smallest absolute Gasteiger partial charge is 0.317 e. The molecule has 140 valence electrons. The number of carbonyl (C=O) groups is 1. The van der Waals surface area contributed by atoms with Crippen LogP contribution in [-0.2, 0) is 14.8 Å². The van der Waals surface area contributed by atoms with Gasteiger partial charge >= 0.3 is 5.97 Å². The Morgan fingerprint density at radius 3 is 2.44 bits per heavy atom. The molecule has 2 rings (SSSR count). The molecule has 1 atom stereocenters. The van der Waals surface area contributed by atoms with Crippen LogP contribution in [0.1, 0.15) is 30.4 Å². The van der Waals surface area contributed by atoms with Crippen LogP contribution in [0.4, 0.5) is 4.39 Å². The van der Waals surface area contributed by atoms with Gasteiger partial charge in [0.25, 0.3) is 0 Å². The van der Waals surface area contributed by atoms with Crippen molar-refractivity contribution in [3.63, 3.8) is 0 Å². The maximum atomic E-state index is 13.8. The third kappa shape index (κ3) is 4.56.